The van der Waals surface area contributed by atoms with E-state index in [-0.39, 0.29) is 16.5 Å². The fourth-order valence-corrected chi connectivity index (χ4v) is 2.14. The molecule has 2 N–H and O–H groups in total. The molecule has 0 aromatic heterocycles. The number of nitro benzene ring substituents is 2. The zero-order valence-electron chi connectivity index (χ0n) is 12.0. The van der Waals surface area contributed by atoms with Crippen molar-refractivity contribution in [3.05, 3.63) is 68.3 Å². The molecule has 23 heavy (non-hydrogen) atoms. The third-order valence-corrected chi connectivity index (χ3v) is 3.29. The maximum absolute atomic E-state index is 10.9. The lowest BCUT2D eigenvalue weighted by atomic mass is 10.1. The maximum atomic E-state index is 10.9. The Morgan fingerprint density at radius 3 is 2.22 bits per heavy atom. The molecule has 9 heteroatoms. The van der Waals surface area contributed by atoms with Crippen LogP contribution in [-0.4, -0.2) is 15.0 Å². The zero-order chi connectivity index (χ0) is 17.0. The van der Waals surface area contributed by atoms with E-state index in [0.717, 1.165) is 0 Å². The summed E-state index contributed by atoms with van der Waals surface area (Å²) in [7, 11) is 0. The van der Waals surface area contributed by atoms with E-state index in [2.05, 4.69) is 10.6 Å². The molecule has 118 valence electrons. The van der Waals surface area contributed by atoms with E-state index in [1.807, 2.05) is 0 Å². The molecule has 0 aliphatic rings. The van der Waals surface area contributed by atoms with Crippen LogP contribution in [0.5, 0.6) is 0 Å². The number of benzene rings is 2. The summed E-state index contributed by atoms with van der Waals surface area (Å²) in [6.07, 6.45) is 0. The van der Waals surface area contributed by atoms with Gasteiger partial charge in [-0.1, -0.05) is 6.07 Å². The van der Waals surface area contributed by atoms with Crippen LogP contribution in [0, 0.1) is 27.2 Å². The molecule has 8 nitrogen and oxygen atoms in total. The molecule has 0 bridgehead atoms. The van der Waals surface area contributed by atoms with Gasteiger partial charge in [0.05, 0.1) is 21.1 Å². The van der Waals surface area contributed by atoms with Gasteiger partial charge in [0, 0.05) is 23.9 Å². The third-order valence-electron chi connectivity index (χ3n) is 3.09. The van der Waals surface area contributed by atoms with Gasteiger partial charge in [-0.3, -0.25) is 20.2 Å². The van der Waals surface area contributed by atoms with Crippen LogP contribution in [-0.2, 0) is 0 Å². The highest BCUT2D eigenvalue weighted by atomic mass is 32.1. The summed E-state index contributed by atoms with van der Waals surface area (Å²) in [5, 5.41) is 27.5. The highest BCUT2D eigenvalue weighted by molar-refractivity contribution is 7.80. The predicted molar refractivity (Wildman–Crippen MR) is 90.8 cm³/mol. The second-order valence-electron chi connectivity index (χ2n) is 4.59. The first-order valence-corrected chi connectivity index (χ1v) is 6.86. The average Bonchev–Trinajstić information content (AvgIpc) is 2.49. The Bertz CT molecular complexity index is 777. The fourth-order valence-electron chi connectivity index (χ4n) is 1.91. The van der Waals surface area contributed by atoms with Gasteiger partial charge in [0.15, 0.2) is 5.11 Å². The Morgan fingerprint density at radius 2 is 1.65 bits per heavy atom. The minimum Gasteiger partial charge on any atom is -0.332 e. The van der Waals surface area contributed by atoms with E-state index in [9.17, 15) is 20.2 Å². The molecule has 0 saturated carbocycles. The zero-order valence-corrected chi connectivity index (χ0v) is 12.8. The Morgan fingerprint density at radius 1 is 1.00 bits per heavy atom. The number of rotatable bonds is 4. The monoisotopic (exact) mass is 332 g/mol. The van der Waals surface area contributed by atoms with Gasteiger partial charge in [-0.15, -0.1) is 0 Å². The van der Waals surface area contributed by atoms with E-state index in [0.29, 0.717) is 16.9 Å². The lowest BCUT2D eigenvalue weighted by Gasteiger charge is -2.12. The van der Waals surface area contributed by atoms with E-state index in [1.165, 1.54) is 30.3 Å². The van der Waals surface area contributed by atoms with Crippen molar-refractivity contribution >= 4 is 40.1 Å². The van der Waals surface area contributed by atoms with Crippen molar-refractivity contribution in [2.75, 3.05) is 10.6 Å². The van der Waals surface area contributed by atoms with E-state index >= 15 is 0 Å². The number of hydrogen-bond donors (Lipinski definition) is 2. The molecule has 2 aromatic rings. The number of nitrogens with zero attached hydrogens (tertiary/aromatic N) is 2. The minimum atomic E-state index is -0.493. The first-order valence-electron chi connectivity index (χ1n) is 6.45. The highest BCUT2D eigenvalue weighted by Crippen LogP contribution is 2.25. The second kappa shape index (κ2) is 6.79. The van der Waals surface area contributed by atoms with Crippen LogP contribution in [0.2, 0.25) is 0 Å². The van der Waals surface area contributed by atoms with Crippen LogP contribution in [0.4, 0.5) is 22.7 Å². The number of nitrogens with one attached hydrogen (secondary N) is 2. The van der Waals surface area contributed by atoms with Crippen molar-refractivity contribution in [3.63, 3.8) is 0 Å². The molecule has 0 saturated heterocycles. The van der Waals surface area contributed by atoms with Crippen molar-refractivity contribution in [2.45, 2.75) is 6.92 Å². The van der Waals surface area contributed by atoms with Crippen molar-refractivity contribution in [2.24, 2.45) is 0 Å². The normalized spacial score (nSPS) is 9.96. The van der Waals surface area contributed by atoms with Gasteiger partial charge in [-0.2, -0.15) is 0 Å². The predicted octanol–water partition coefficient (Wildman–Crippen LogP) is 3.62. The lowest BCUT2D eigenvalue weighted by Crippen LogP contribution is -2.19. The molecule has 0 amide bonds. The molecule has 0 unspecified atom stereocenters. The van der Waals surface area contributed by atoms with Crippen LogP contribution >= 0.6 is 12.2 Å². The Labute approximate surface area is 136 Å². The summed E-state index contributed by atoms with van der Waals surface area (Å²) in [5.41, 5.74) is 1.51. The highest BCUT2D eigenvalue weighted by Gasteiger charge is 2.14. The molecule has 0 spiro atoms. The topological polar surface area (TPSA) is 110 Å². The van der Waals surface area contributed by atoms with Crippen molar-refractivity contribution in [1.82, 2.24) is 0 Å². The minimum absolute atomic E-state index is 0.00636. The van der Waals surface area contributed by atoms with Gasteiger partial charge in [0.25, 0.3) is 11.4 Å². The van der Waals surface area contributed by atoms with Gasteiger partial charge >= 0.3 is 0 Å². The number of nitro groups is 2. The number of non-ortho nitro benzene ring substituents is 1. The number of thiocarbonyl (C=S) groups is 1. The van der Waals surface area contributed by atoms with Gasteiger partial charge in [-0.05, 0) is 37.3 Å². The van der Waals surface area contributed by atoms with E-state index in [4.69, 9.17) is 12.2 Å². The summed E-state index contributed by atoms with van der Waals surface area (Å²) in [6, 6.07) is 10.4. The second-order valence-corrected chi connectivity index (χ2v) is 5.00. The molecule has 0 atom stereocenters. The molecule has 0 aliphatic carbocycles. The van der Waals surface area contributed by atoms with E-state index in [1.54, 1.807) is 19.1 Å². The standard InChI is InChI=1S/C14H12N4O4S/c1-9-12(3-2-4-13(9)18(21)22)16-14(23)15-10-5-7-11(8-6-10)17(19)20/h2-8H,1H3,(H2,15,16,23). The molecule has 0 aliphatic heterocycles. The van der Waals surface area contributed by atoms with Crippen LogP contribution in [0.15, 0.2) is 42.5 Å². The molecule has 2 aromatic carbocycles. The summed E-state index contributed by atoms with van der Waals surface area (Å²) in [6.45, 7) is 1.62. The molecule has 2 rings (SSSR count). The van der Waals surface area contributed by atoms with Crippen molar-refractivity contribution in [1.29, 1.82) is 0 Å². The summed E-state index contributed by atoms with van der Waals surface area (Å²) in [5.74, 6) is 0. The largest absolute Gasteiger partial charge is 0.332 e. The van der Waals surface area contributed by atoms with Gasteiger partial charge < -0.3 is 10.6 Å². The maximum Gasteiger partial charge on any atom is 0.274 e. The Kier molecular flexibility index (Phi) is 4.82. The van der Waals surface area contributed by atoms with Crippen LogP contribution < -0.4 is 10.6 Å². The Balaban J connectivity index is 2.09. The molecular formula is C14H12N4O4S. The molecular weight excluding hydrogens is 320 g/mol. The third kappa shape index (κ3) is 3.98. The van der Waals surface area contributed by atoms with Gasteiger partial charge in [0.2, 0.25) is 0 Å². The van der Waals surface area contributed by atoms with Gasteiger partial charge in [0.1, 0.15) is 0 Å². The lowest BCUT2D eigenvalue weighted by molar-refractivity contribution is -0.385. The summed E-state index contributed by atoms with van der Waals surface area (Å²) < 4.78 is 0. The summed E-state index contributed by atoms with van der Waals surface area (Å²) >= 11 is 5.15. The SMILES string of the molecule is Cc1c(NC(=S)Nc2ccc([N+](=O)[O-])cc2)cccc1[N+](=O)[O-]. The van der Waals surface area contributed by atoms with Crippen molar-refractivity contribution < 1.29 is 9.85 Å². The van der Waals surface area contributed by atoms with Crippen molar-refractivity contribution in [3.8, 4) is 0 Å². The molecule has 0 fully saturated rings. The first kappa shape index (κ1) is 16.3. The summed E-state index contributed by atoms with van der Waals surface area (Å²) in [4.78, 5) is 20.5. The number of anilines is 2. The van der Waals surface area contributed by atoms with Crippen LogP contribution in [0.25, 0.3) is 0 Å². The van der Waals surface area contributed by atoms with Crippen LogP contribution in [0.1, 0.15) is 5.56 Å². The van der Waals surface area contributed by atoms with E-state index < -0.39 is 9.85 Å². The van der Waals surface area contributed by atoms with Gasteiger partial charge in [-0.25, -0.2) is 0 Å². The average molecular weight is 332 g/mol. The smallest absolute Gasteiger partial charge is 0.274 e. The molecule has 0 heterocycles. The molecule has 0 radical (unpaired) electrons. The fraction of sp³-hybridized carbons (Fsp3) is 0.0714. The Hall–Kier alpha value is -3.07. The quantitative estimate of drug-likeness (QED) is 0.500. The first-order chi connectivity index (χ1) is 10.9. The number of hydrogen-bond acceptors (Lipinski definition) is 5. The van der Waals surface area contributed by atoms with Crippen LogP contribution in [0.3, 0.4) is 0 Å².